The number of carbonyl (C=O) groups excluding carboxylic acids is 1. The van der Waals surface area contributed by atoms with Crippen molar-refractivity contribution in [3.63, 3.8) is 0 Å². The number of morpholine rings is 1. The molecule has 1 aromatic heterocycles. The minimum Gasteiger partial charge on any atom is -0.379 e. The van der Waals surface area contributed by atoms with Gasteiger partial charge in [0.05, 0.1) is 24.4 Å². The van der Waals surface area contributed by atoms with Gasteiger partial charge in [0, 0.05) is 42.9 Å². The van der Waals surface area contributed by atoms with Crippen LogP contribution in [-0.2, 0) is 9.53 Å². The van der Waals surface area contributed by atoms with Crippen LogP contribution in [0.25, 0.3) is 10.9 Å². The van der Waals surface area contributed by atoms with E-state index >= 15 is 0 Å². The summed E-state index contributed by atoms with van der Waals surface area (Å²) in [6, 6.07) is 6.07. The Bertz CT molecular complexity index is 878. The lowest BCUT2D eigenvalue weighted by Gasteiger charge is -2.26. The Hall–Kier alpha value is -2.58. The summed E-state index contributed by atoms with van der Waals surface area (Å²) in [5.74, 6) is 0.902. The van der Waals surface area contributed by atoms with Gasteiger partial charge in [-0.3, -0.25) is 9.69 Å². The fourth-order valence-electron chi connectivity index (χ4n) is 3.69. The Labute approximate surface area is 164 Å². The smallest absolute Gasteiger partial charge is 0.240 e. The van der Waals surface area contributed by atoms with Gasteiger partial charge in [0.1, 0.15) is 12.1 Å². The number of aromatic nitrogens is 2. The Morgan fingerprint density at radius 1 is 1.29 bits per heavy atom. The molecule has 148 valence electrons. The van der Waals surface area contributed by atoms with Crippen LogP contribution in [0.5, 0.6) is 0 Å². The van der Waals surface area contributed by atoms with Crippen molar-refractivity contribution in [3.05, 3.63) is 30.1 Å². The van der Waals surface area contributed by atoms with E-state index in [4.69, 9.17) is 4.74 Å². The third-order valence-electron chi connectivity index (χ3n) is 5.24. The molecule has 0 saturated carbocycles. The molecule has 2 aliphatic heterocycles. The fraction of sp³-hybridized carbons (Fsp3) is 0.500. The maximum Gasteiger partial charge on any atom is 0.240 e. The van der Waals surface area contributed by atoms with Gasteiger partial charge in [0.25, 0.3) is 0 Å². The molecule has 28 heavy (non-hydrogen) atoms. The van der Waals surface area contributed by atoms with Crippen LogP contribution in [0.15, 0.2) is 29.6 Å². The van der Waals surface area contributed by atoms with Gasteiger partial charge in [-0.1, -0.05) is 13.0 Å². The van der Waals surface area contributed by atoms with Gasteiger partial charge in [-0.25, -0.2) is 15.4 Å². The maximum atomic E-state index is 11.5. The number of carbonyl (C=O) groups is 1. The highest BCUT2D eigenvalue weighted by Crippen LogP contribution is 2.23. The molecule has 3 heterocycles. The molecule has 8 nitrogen and oxygen atoms in total. The lowest BCUT2D eigenvalue weighted by Crippen LogP contribution is -2.37. The lowest BCUT2D eigenvalue weighted by molar-refractivity contribution is -0.121. The Balaban J connectivity index is 1.43. The summed E-state index contributed by atoms with van der Waals surface area (Å²) in [5, 5.41) is 8.68. The number of hydrogen-bond donors (Lipinski definition) is 2. The van der Waals surface area contributed by atoms with Gasteiger partial charge in [0.2, 0.25) is 5.91 Å². The molecular formula is C20H26N6O2. The molecule has 1 amide bonds. The van der Waals surface area contributed by atoms with Crippen LogP contribution in [0.3, 0.4) is 0 Å². The van der Waals surface area contributed by atoms with Gasteiger partial charge < -0.3 is 10.1 Å². The van der Waals surface area contributed by atoms with Crippen molar-refractivity contribution in [3.8, 4) is 0 Å². The van der Waals surface area contributed by atoms with E-state index in [2.05, 4.69) is 30.7 Å². The molecule has 1 saturated heterocycles. The first-order chi connectivity index (χ1) is 13.7. The van der Waals surface area contributed by atoms with Crippen LogP contribution in [0, 0.1) is 5.92 Å². The molecule has 0 radical (unpaired) electrons. The standard InChI is InChI=1S/C20H26N6O2/c1-14-11-18(27)24-25-19(14)15-3-4-16-17(12-15)22-13-23-20(16)21-5-2-6-26-7-9-28-10-8-26/h3-4,12-14H,2,5-11H2,1H3,(H,24,27)(H,21,22,23). The molecule has 2 N–H and O–H groups in total. The van der Waals surface area contributed by atoms with Crippen molar-refractivity contribution in [2.75, 3.05) is 44.7 Å². The number of benzene rings is 1. The molecule has 1 unspecified atom stereocenters. The van der Waals surface area contributed by atoms with Crippen LogP contribution in [0.2, 0.25) is 0 Å². The van der Waals surface area contributed by atoms with Crippen LogP contribution < -0.4 is 10.7 Å². The van der Waals surface area contributed by atoms with Crippen LogP contribution in [0.1, 0.15) is 25.3 Å². The largest absolute Gasteiger partial charge is 0.379 e. The summed E-state index contributed by atoms with van der Waals surface area (Å²) in [7, 11) is 0. The number of fused-ring (bicyclic) bond motifs is 1. The minimum atomic E-state index is -0.0390. The SMILES string of the molecule is CC1CC(=O)NN=C1c1ccc2c(NCCCN3CCOCC3)ncnc2c1. The average molecular weight is 382 g/mol. The van der Waals surface area contributed by atoms with Gasteiger partial charge in [-0.2, -0.15) is 5.10 Å². The maximum absolute atomic E-state index is 11.5. The van der Waals surface area contributed by atoms with Crippen molar-refractivity contribution in [1.82, 2.24) is 20.3 Å². The molecule has 2 aliphatic rings. The molecule has 2 aromatic rings. The van der Waals surface area contributed by atoms with E-state index in [9.17, 15) is 4.79 Å². The number of nitrogens with one attached hydrogen (secondary N) is 2. The van der Waals surface area contributed by atoms with Crippen LogP contribution in [-0.4, -0.2) is 65.9 Å². The van der Waals surface area contributed by atoms with Crippen molar-refractivity contribution in [2.24, 2.45) is 11.0 Å². The first-order valence-corrected chi connectivity index (χ1v) is 9.86. The van der Waals surface area contributed by atoms with Crippen molar-refractivity contribution in [2.45, 2.75) is 19.8 Å². The van der Waals surface area contributed by atoms with E-state index in [0.717, 1.165) is 73.8 Å². The van der Waals surface area contributed by atoms with Crippen LogP contribution >= 0.6 is 0 Å². The van der Waals surface area contributed by atoms with E-state index in [0.29, 0.717) is 6.42 Å². The number of anilines is 1. The zero-order valence-electron chi connectivity index (χ0n) is 16.1. The average Bonchev–Trinajstić information content (AvgIpc) is 2.71. The fourth-order valence-corrected chi connectivity index (χ4v) is 3.69. The molecule has 0 spiro atoms. The van der Waals surface area contributed by atoms with Crippen molar-refractivity contribution >= 4 is 28.3 Å². The summed E-state index contributed by atoms with van der Waals surface area (Å²) in [6.07, 6.45) is 3.10. The first-order valence-electron chi connectivity index (χ1n) is 9.86. The zero-order chi connectivity index (χ0) is 19.3. The third-order valence-corrected chi connectivity index (χ3v) is 5.24. The summed E-state index contributed by atoms with van der Waals surface area (Å²) in [6.45, 7) is 7.64. The Morgan fingerprint density at radius 2 is 2.14 bits per heavy atom. The Kier molecular flexibility index (Phi) is 5.78. The second-order valence-corrected chi connectivity index (χ2v) is 7.33. The number of nitrogens with zero attached hydrogens (tertiary/aromatic N) is 4. The molecule has 1 aromatic carbocycles. The third kappa shape index (κ3) is 4.28. The minimum absolute atomic E-state index is 0.0390. The van der Waals surface area contributed by atoms with Crippen molar-refractivity contribution in [1.29, 1.82) is 0 Å². The van der Waals surface area contributed by atoms with E-state index in [-0.39, 0.29) is 11.8 Å². The number of ether oxygens (including phenoxy) is 1. The molecular weight excluding hydrogens is 356 g/mol. The van der Waals surface area contributed by atoms with Gasteiger partial charge in [-0.15, -0.1) is 0 Å². The van der Waals surface area contributed by atoms with Gasteiger partial charge >= 0.3 is 0 Å². The first kappa shape index (κ1) is 18.8. The van der Waals surface area contributed by atoms with E-state index in [1.807, 2.05) is 25.1 Å². The Morgan fingerprint density at radius 3 is 2.96 bits per heavy atom. The van der Waals surface area contributed by atoms with Gasteiger partial charge in [-0.05, 0) is 25.1 Å². The molecule has 4 rings (SSSR count). The highest BCUT2D eigenvalue weighted by Gasteiger charge is 2.22. The summed E-state index contributed by atoms with van der Waals surface area (Å²) in [5.41, 5.74) is 5.32. The quantitative estimate of drug-likeness (QED) is 0.738. The number of hydrazone groups is 1. The zero-order valence-corrected chi connectivity index (χ0v) is 16.1. The lowest BCUT2D eigenvalue weighted by atomic mass is 9.93. The predicted molar refractivity (Wildman–Crippen MR) is 108 cm³/mol. The predicted octanol–water partition coefficient (Wildman–Crippen LogP) is 1.62. The molecule has 0 aliphatic carbocycles. The summed E-state index contributed by atoms with van der Waals surface area (Å²) in [4.78, 5) is 22.7. The van der Waals surface area contributed by atoms with Gasteiger partial charge in [0.15, 0.2) is 0 Å². The monoisotopic (exact) mass is 382 g/mol. The summed E-state index contributed by atoms with van der Waals surface area (Å²) >= 11 is 0. The highest BCUT2D eigenvalue weighted by molar-refractivity contribution is 6.07. The molecule has 1 fully saturated rings. The second-order valence-electron chi connectivity index (χ2n) is 7.33. The second kappa shape index (κ2) is 8.62. The number of hydrogen-bond acceptors (Lipinski definition) is 7. The summed E-state index contributed by atoms with van der Waals surface area (Å²) < 4.78 is 5.39. The van der Waals surface area contributed by atoms with Crippen molar-refractivity contribution < 1.29 is 9.53 Å². The number of amides is 1. The highest BCUT2D eigenvalue weighted by atomic mass is 16.5. The molecule has 8 heteroatoms. The topological polar surface area (TPSA) is 91.7 Å². The van der Waals surface area contributed by atoms with E-state index in [1.54, 1.807) is 6.33 Å². The normalized spacial score (nSPS) is 20.7. The number of rotatable bonds is 6. The van der Waals surface area contributed by atoms with E-state index in [1.165, 1.54) is 0 Å². The van der Waals surface area contributed by atoms with Crippen LogP contribution in [0.4, 0.5) is 5.82 Å². The molecule has 1 atom stereocenters. The molecule has 0 bridgehead atoms. The van der Waals surface area contributed by atoms with E-state index < -0.39 is 0 Å².